The molecule has 0 bridgehead atoms. The summed E-state index contributed by atoms with van der Waals surface area (Å²) in [5, 5.41) is 7.71. The summed E-state index contributed by atoms with van der Waals surface area (Å²) in [6.07, 6.45) is 5.78. The zero-order valence-electron chi connectivity index (χ0n) is 11.9. The van der Waals surface area contributed by atoms with E-state index < -0.39 is 0 Å². The van der Waals surface area contributed by atoms with Crippen molar-refractivity contribution in [3.63, 3.8) is 0 Å². The highest BCUT2D eigenvalue weighted by molar-refractivity contribution is 6.33. The van der Waals surface area contributed by atoms with E-state index in [4.69, 9.17) is 16.3 Å². The Morgan fingerprint density at radius 3 is 3.14 bits per heavy atom. The number of benzene rings is 1. The smallest absolute Gasteiger partial charge is 0.253 e. The van der Waals surface area contributed by atoms with Crippen LogP contribution in [0.4, 0.5) is 0 Å². The van der Waals surface area contributed by atoms with E-state index in [1.54, 1.807) is 23.0 Å². The molecule has 0 spiro atoms. The number of nitrogens with zero attached hydrogens (tertiary/aromatic N) is 2. The molecule has 0 radical (unpaired) electrons. The number of aromatic nitrogens is 2. The molecule has 2 aliphatic rings. The molecule has 114 valence electrons. The molecule has 5 nitrogen and oxygen atoms in total. The molecule has 6 heteroatoms. The van der Waals surface area contributed by atoms with Crippen molar-refractivity contribution in [1.29, 1.82) is 0 Å². The predicted octanol–water partition coefficient (Wildman–Crippen LogP) is 2.43. The number of nitrogens with one attached hydrogen (secondary N) is 1. The largest absolute Gasteiger partial charge is 0.378 e. The SMILES string of the molecule is O=C(N[C@H]1C[C@@H]2OCC[C@H]12)c1cc(-n2cccn2)ccc1Cl. The maximum Gasteiger partial charge on any atom is 0.253 e. The third-order valence-corrected chi connectivity index (χ3v) is 4.87. The van der Waals surface area contributed by atoms with Gasteiger partial charge in [-0.1, -0.05) is 11.6 Å². The van der Waals surface area contributed by atoms with Gasteiger partial charge in [0.05, 0.1) is 22.4 Å². The van der Waals surface area contributed by atoms with Crippen molar-refractivity contribution in [3.8, 4) is 5.69 Å². The zero-order chi connectivity index (χ0) is 15.1. The second-order valence-corrected chi connectivity index (χ2v) is 6.20. The standard InChI is InChI=1S/C16H16ClN3O2/c17-13-3-2-10(20-6-1-5-18-20)8-12(13)16(21)19-14-9-15-11(14)4-7-22-15/h1-3,5-6,8,11,14-15H,4,7,9H2,(H,19,21)/t11-,14+,15+/m1/s1. The first-order valence-electron chi connectivity index (χ1n) is 7.44. The number of rotatable bonds is 3. The maximum absolute atomic E-state index is 12.5. The first-order chi connectivity index (χ1) is 10.7. The molecule has 3 atom stereocenters. The van der Waals surface area contributed by atoms with Crippen LogP contribution in [0.15, 0.2) is 36.7 Å². The molecule has 1 aliphatic heterocycles. The number of hydrogen-bond donors (Lipinski definition) is 1. The topological polar surface area (TPSA) is 56.1 Å². The van der Waals surface area contributed by atoms with Gasteiger partial charge >= 0.3 is 0 Å². The molecule has 1 aromatic heterocycles. The van der Waals surface area contributed by atoms with E-state index in [2.05, 4.69) is 10.4 Å². The van der Waals surface area contributed by atoms with Gasteiger partial charge in [0.2, 0.25) is 0 Å². The highest BCUT2D eigenvalue weighted by atomic mass is 35.5. The van der Waals surface area contributed by atoms with Gasteiger partial charge in [-0.15, -0.1) is 0 Å². The van der Waals surface area contributed by atoms with Crippen molar-refractivity contribution in [2.75, 3.05) is 6.61 Å². The van der Waals surface area contributed by atoms with Crippen LogP contribution in [0.2, 0.25) is 5.02 Å². The van der Waals surface area contributed by atoms with Crippen molar-refractivity contribution in [3.05, 3.63) is 47.2 Å². The van der Waals surface area contributed by atoms with Gasteiger partial charge in [0.25, 0.3) is 5.91 Å². The Balaban J connectivity index is 1.53. The molecule has 22 heavy (non-hydrogen) atoms. The fourth-order valence-electron chi connectivity index (χ4n) is 3.26. The molecule has 2 heterocycles. The number of carbonyl (C=O) groups is 1. The predicted molar refractivity (Wildman–Crippen MR) is 82.3 cm³/mol. The van der Waals surface area contributed by atoms with Crippen LogP contribution in [0.3, 0.4) is 0 Å². The minimum atomic E-state index is -0.130. The number of halogens is 1. The molecule has 2 fully saturated rings. The lowest BCUT2D eigenvalue weighted by molar-refractivity contribution is 0.00810. The van der Waals surface area contributed by atoms with Gasteiger partial charge in [-0.25, -0.2) is 4.68 Å². The van der Waals surface area contributed by atoms with Gasteiger partial charge < -0.3 is 10.1 Å². The molecule has 2 aromatic rings. The number of hydrogen-bond acceptors (Lipinski definition) is 3. The van der Waals surface area contributed by atoms with E-state index in [-0.39, 0.29) is 11.9 Å². The molecule has 0 unspecified atom stereocenters. The van der Waals surface area contributed by atoms with E-state index >= 15 is 0 Å². The van der Waals surface area contributed by atoms with E-state index in [0.717, 1.165) is 25.1 Å². The summed E-state index contributed by atoms with van der Waals surface area (Å²) in [7, 11) is 0. The average Bonchev–Trinajstić information content (AvgIpc) is 3.14. The second-order valence-electron chi connectivity index (χ2n) is 5.79. The zero-order valence-corrected chi connectivity index (χ0v) is 12.7. The van der Waals surface area contributed by atoms with Crippen LogP contribution in [0.5, 0.6) is 0 Å². The number of ether oxygens (including phenoxy) is 1. The van der Waals surface area contributed by atoms with Crippen molar-refractivity contribution in [2.45, 2.75) is 25.0 Å². The Bertz CT molecular complexity index is 701. The Morgan fingerprint density at radius 2 is 2.36 bits per heavy atom. The Hall–Kier alpha value is -1.85. The van der Waals surface area contributed by atoms with Crippen LogP contribution in [-0.4, -0.2) is 34.4 Å². The van der Waals surface area contributed by atoms with Crippen LogP contribution >= 0.6 is 11.6 Å². The van der Waals surface area contributed by atoms with Crippen molar-refractivity contribution < 1.29 is 9.53 Å². The normalized spacial score (nSPS) is 26.3. The Kier molecular flexibility index (Phi) is 3.39. The molecule has 1 aliphatic carbocycles. The summed E-state index contributed by atoms with van der Waals surface area (Å²) in [5.74, 6) is 0.325. The van der Waals surface area contributed by atoms with Crippen molar-refractivity contribution >= 4 is 17.5 Å². The van der Waals surface area contributed by atoms with E-state index in [1.807, 2.05) is 18.3 Å². The lowest BCUT2D eigenvalue weighted by Crippen LogP contribution is -2.53. The first kappa shape index (κ1) is 13.8. The van der Waals surface area contributed by atoms with Crippen LogP contribution < -0.4 is 5.32 Å². The third-order valence-electron chi connectivity index (χ3n) is 4.54. The molecule has 1 saturated heterocycles. The molecule has 4 rings (SSSR count). The molecule has 1 N–H and O–H groups in total. The lowest BCUT2D eigenvalue weighted by atomic mass is 9.76. The van der Waals surface area contributed by atoms with E-state index in [9.17, 15) is 4.79 Å². The number of fused-ring (bicyclic) bond motifs is 1. The average molecular weight is 318 g/mol. The lowest BCUT2D eigenvalue weighted by Gasteiger charge is -2.39. The molecule has 1 aromatic carbocycles. The summed E-state index contributed by atoms with van der Waals surface area (Å²) in [4.78, 5) is 12.5. The fourth-order valence-corrected chi connectivity index (χ4v) is 3.46. The first-order valence-corrected chi connectivity index (χ1v) is 7.82. The quantitative estimate of drug-likeness (QED) is 0.946. The van der Waals surface area contributed by atoms with Crippen molar-refractivity contribution in [1.82, 2.24) is 15.1 Å². The van der Waals surface area contributed by atoms with Gasteiger partial charge in [0.15, 0.2) is 0 Å². The molecular weight excluding hydrogens is 302 g/mol. The summed E-state index contributed by atoms with van der Waals surface area (Å²) < 4.78 is 7.28. The number of amides is 1. The van der Waals surface area contributed by atoms with E-state index in [1.165, 1.54) is 0 Å². The van der Waals surface area contributed by atoms with Crippen LogP contribution in [0, 0.1) is 5.92 Å². The van der Waals surface area contributed by atoms with Gasteiger partial charge in [-0.05, 0) is 37.1 Å². The van der Waals surface area contributed by atoms with Gasteiger partial charge in [-0.2, -0.15) is 5.10 Å². The summed E-state index contributed by atoms with van der Waals surface area (Å²) in [6, 6.07) is 7.38. The van der Waals surface area contributed by atoms with Crippen LogP contribution in [0.25, 0.3) is 5.69 Å². The summed E-state index contributed by atoms with van der Waals surface area (Å²) in [6.45, 7) is 0.803. The Morgan fingerprint density at radius 1 is 1.45 bits per heavy atom. The van der Waals surface area contributed by atoms with Crippen LogP contribution in [0.1, 0.15) is 23.2 Å². The maximum atomic E-state index is 12.5. The summed E-state index contributed by atoms with van der Waals surface area (Å²) >= 11 is 6.19. The fraction of sp³-hybridized carbons (Fsp3) is 0.375. The highest BCUT2D eigenvalue weighted by Crippen LogP contribution is 2.38. The Labute approximate surface area is 133 Å². The van der Waals surface area contributed by atoms with Gasteiger partial charge in [-0.3, -0.25) is 4.79 Å². The van der Waals surface area contributed by atoms with Gasteiger partial charge in [0.1, 0.15) is 0 Å². The van der Waals surface area contributed by atoms with Crippen molar-refractivity contribution in [2.24, 2.45) is 5.92 Å². The summed E-state index contributed by atoms with van der Waals surface area (Å²) in [5.41, 5.74) is 1.30. The highest BCUT2D eigenvalue weighted by Gasteiger charge is 2.45. The monoisotopic (exact) mass is 317 g/mol. The molecule has 1 saturated carbocycles. The molecular formula is C16H16ClN3O2. The minimum absolute atomic E-state index is 0.130. The number of carbonyl (C=O) groups excluding carboxylic acids is 1. The van der Waals surface area contributed by atoms with E-state index in [0.29, 0.717) is 22.6 Å². The van der Waals surface area contributed by atoms with Crippen LogP contribution in [-0.2, 0) is 4.74 Å². The van der Waals surface area contributed by atoms with Gasteiger partial charge in [0, 0.05) is 31.0 Å². The second kappa shape index (κ2) is 5.41. The third kappa shape index (κ3) is 2.30. The molecule has 1 amide bonds. The minimum Gasteiger partial charge on any atom is -0.378 e.